The topological polar surface area (TPSA) is 78.4 Å². The third-order valence-electron chi connectivity index (χ3n) is 2.55. The number of benzene rings is 1. The Morgan fingerprint density at radius 2 is 1.78 bits per heavy atom. The molecule has 0 heterocycles. The highest BCUT2D eigenvalue weighted by Crippen LogP contribution is 2.23. The van der Waals surface area contributed by atoms with Gasteiger partial charge in [0.2, 0.25) is 0 Å². The molecule has 0 radical (unpaired) electrons. The molecule has 0 aliphatic rings. The fourth-order valence-corrected chi connectivity index (χ4v) is 1.53. The van der Waals surface area contributed by atoms with Crippen LogP contribution in [0.15, 0.2) is 24.3 Å². The molecule has 0 aliphatic heterocycles. The number of aliphatic carboxylic acids is 1. The van der Waals surface area contributed by atoms with Gasteiger partial charge in [0.25, 0.3) is 0 Å². The fourth-order valence-electron chi connectivity index (χ4n) is 1.53. The van der Waals surface area contributed by atoms with Gasteiger partial charge in [-0.25, -0.2) is 4.79 Å². The van der Waals surface area contributed by atoms with Gasteiger partial charge in [0.1, 0.15) is 6.04 Å². The molecule has 0 bridgehead atoms. The molecule has 5 heteroatoms. The highest BCUT2D eigenvalue weighted by Gasteiger charge is 2.15. The van der Waals surface area contributed by atoms with E-state index in [4.69, 9.17) is 5.11 Å². The Morgan fingerprint density at radius 3 is 2.33 bits per heavy atom. The molecule has 0 aromatic heterocycles. The maximum absolute atomic E-state index is 11.6. The lowest BCUT2D eigenvalue weighted by atomic mass is 10.0. The summed E-state index contributed by atoms with van der Waals surface area (Å²) in [7, 11) is 0. The standard InChI is InChI=1S/C13H18N2O3/c1-8(2)10-6-4-5-7-11(10)15-13(18)14-9(3)12(16)17/h4-9H,1-3H3,(H,16,17)(H2,14,15,18)/t9-/m0/s1. The Bertz CT molecular complexity index is 444. The van der Waals surface area contributed by atoms with E-state index < -0.39 is 18.0 Å². The van der Waals surface area contributed by atoms with Gasteiger partial charge in [-0.15, -0.1) is 0 Å². The van der Waals surface area contributed by atoms with Crippen LogP contribution in [0.4, 0.5) is 10.5 Å². The average Bonchev–Trinajstić information content (AvgIpc) is 2.28. The van der Waals surface area contributed by atoms with E-state index in [0.717, 1.165) is 5.56 Å². The van der Waals surface area contributed by atoms with E-state index in [-0.39, 0.29) is 5.92 Å². The van der Waals surface area contributed by atoms with Crippen LogP contribution >= 0.6 is 0 Å². The van der Waals surface area contributed by atoms with Crippen molar-refractivity contribution >= 4 is 17.7 Å². The largest absolute Gasteiger partial charge is 0.480 e. The van der Waals surface area contributed by atoms with E-state index in [1.54, 1.807) is 6.07 Å². The van der Waals surface area contributed by atoms with Gasteiger partial charge in [0, 0.05) is 5.69 Å². The van der Waals surface area contributed by atoms with Crippen molar-refractivity contribution in [2.24, 2.45) is 0 Å². The SMILES string of the molecule is CC(C)c1ccccc1NC(=O)N[C@@H](C)C(=O)O. The van der Waals surface area contributed by atoms with Crippen LogP contribution in [0.25, 0.3) is 0 Å². The van der Waals surface area contributed by atoms with Crippen LogP contribution in [0.2, 0.25) is 0 Å². The second-order valence-corrected chi connectivity index (χ2v) is 4.40. The smallest absolute Gasteiger partial charge is 0.325 e. The minimum absolute atomic E-state index is 0.276. The minimum Gasteiger partial charge on any atom is -0.480 e. The number of para-hydroxylation sites is 1. The number of anilines is 1. The van der Waals surface area contributed by atoms with E-state index in [1.807, 2.05) is 32.0 Å². The van der Waals surface area contributed by atoms with E-state index in [2.05, 4.69) is 10.6 Å². The van der Waals surface area contributed by atoms with Crippen LogP contribution in [0.1, 0.15) is 32.3 Å². The zero-order valence-corrected chi connectivity index (χ0v) is 10.7. The average molecular weight is 250 g/mol. The van der Waals surface area contributed by atoms with E-state index >= 15 is 0 Å². The monoisotopic (exact) mass is 250 g/mol. The summed E-state index contributed by atoms with van der Waals surface area (Å²) in [6.45, 7) is 5.47. The van der Waals surface area contributed by atoms with Gasteiger partial charge >= 0.3 is 12.0 Å². The first kappa shape index (κ1) is 14.0. The van der Waals surface area contributed by atoms with Crippen LogP contribution in [0.5, 0.6) is 0 Å². The number of carbonyl (C=O) groups is 2. The lowest BCUT2D eigenvalue weighted by Crippen LogP contribution is -2.41. The van der Waals surface area contributed by atoms with Gasteiger partial charge in [-0.3, -0.25) is 4.79 Å². The quantitative estimate of drug-likeness (QED) is 0.767. The number of rotatable bonds is 4. The molecule has 0 fully saturated rings. The maximum atomic E-state index is 11.6. The summed E-state index contributed by atoms with van der Waals surface area (Å²) in [6, 6.07) is 6.01. The van der Waals surface area contributed by atoms with Crippen molar-refractivity contribution in [3.63, 3.8) is 0 Å². The third-order valence-corrected chi connectivity index (χ3v) is 2.55. The molecule has 1 rings (SSSR count). The number of hydrogen-bond donors (Lipinski definition) is 3. The van der Waals surface area contributed by atoms with Gasteiger partial charge < -0.3 is 15.7 Å². The molecule has 1 aromatic rings. The van der Waals surface area contributed by atoms with Gasteiger partial charge in [0.15, 0.2) is 0 Å². The second kappa shape index (κ2) is 6.05. The first-order valence-corrected chi connectivity index (χ1v) is 5.81. The van der Waals surface area contributed by atoms with Crippen molar-refractivity contribution in [2.75, 3.05) is 5.32 Å². The molecule has 1 atom stereocenters. The molecule has 2 amide bonds. The van der Waals surface area contributed by atoms with Gasteiger partial charge in [-0.2, -0.15) is 0 Å². The molecule has 18 heavy (non-hydrogen) atoms. The molecular formula is C13H18N2O3. The lowest BCUT2D eigenvalue weighted by molar-refractivity contribution is -0.138. The van der Waals surface area contributed by atoms with Crippen LogP contribution in [0.3, 0.4) is 0 Å². The summed E-state index contributed by atoms with van der Waals surface area (Å²) in [6.07, 6.45) is 0. The predicted octanol–water partition coefficient (Wildman–Crippen LogP) is 2.40. The second-order valence-electron chi connectivity index (χ2n) is 4.40. The Balaban J connectivity index is 2.73. The summed E-state index contributed by atoms with van der Waals surface area (Å²) < 4.78 is 0. The Kier molecular flexibility index (Phi) is 4.71. The minimum atomic E-state index is -1.07. The summed E-state index contributed by atoms with van der Waals surface area (Å²) >= 11 is 0. The zero-order valence-electron chi connectivity index (χ0n) is 10.7. The van der Waals surface area contributed by atoms with Gasteiger partial charge in [-0.05, 0) is 24.5 Å². The molecule has 0 saturated heterocycles. The summed E-state index contributed by atoms with van der Waals surface area (Å²) in [5.74, 6) is -0.791. The molecule has 1 aromatic carbocycles. The zero-order chi connectivity index (χ0) is 13.7. The lowest BCUT2D eigenvalue weighted by Gasteiger charge is -2.15. The van der Waals surface area contributed by atoms with Crippen molar-refractivity contribution in [1.82, 2.24) is 5.32 Å². The number of nitrogens with one attached hydrogen (secondary N) is 2. The molecular weight excluding hydrogens is 232 g/mol. The highest BCUT2D eigenvalue weighted by molar-refractivity contribution is 5.92. The normalized spacial score (nSPS) is 12.0. The fraction of sp³-hybridized carbons (Fsp3) is 0.385. The number of amides is 2. The number of carboxylic acids is 1. The number of carboxylic acid groups (broad SMARTS) is 1. The first-order chi connectivity index (χ1) is 8.41. The molecule has 98 valence electrons. The third kappa shape index (κ3) is 3.76. The van der Waals surface area contributed by atoms with Crippen LogP contribution in [0, 0.1) is 0 Å². The van der Waals surface area contributed by atoms with Gasteiger partial charge in [0.05, 0.1) is 0 Å². The number of urea groups is 1. The van der Waals surface area contributed by atoms with E-state index in [1.165, 1.54) is 6.92 Å². The number of carbonyl (C=O) groups excluding carboxylic acids is 1. The van der Waals surface area contributed by atoms with Crippen LogP contribution < -0.4 is 10.6 Å². The first-order valence-electron chi connectivity index (χ1n) is 5.81. The summed E-state index contributed by atoms with van der Waals surface area (Å²) in [4.78, 5) is 22.2. The predicted molar refractivity (Wildman–Crippen MR) is 69.8 cm³/mol. The van der Waals surface area contributed by atoms with E-state index in [0.29, 0.717) is 5.69 Å². The van der Waals surface area contributed by atoms with Crippen molar-refractivity contribution in [3.8, 4) is 0 Å². The summed E-state index contributed by atoms with van der Waals surface area (Å²) in [5, 5.41) is 13.7. The van der Waals surface area contributed by atoms with Crippen LogP contribution in [-0.4, -0.2) is 23.1 Å². The van der Waals surface area contributed by atoms with E-state index in [9.17, 15) is 9.59 Å². The summed E-state index contributed by atoms with van der Waals surface area (Å²) in [5.41, 5.74) is 1.71. The van der Waals surface area contributed by atoms with Crippen LogP contribution in [-0.2, 0) is 4.79 Å². The highest BCUT2D eigenvalue weighted by atomic mass is 16.4. The number of hydrogen-bond acceptors (Lipinski definition) is 2. The molecule has 0 unspecified atom stereocenters. The molecule has 0 aliphatic carbocycles. The molecule has 3 N–H and O–H groups in total. The van der Waals surface area contributed by atoms with Gasteiger partial charge in [-0.1, -0.05) is 32.0 Å². The van der Waals surface area contributed by atoms with Crippen molar-refractivity contribution in [1.29, 1.82) is 0 Å². The Labute approximate surface area is 106 Å². The Morgan fingerprint density at radius 1 is 1.17 bits per heavy atom. The van der Waals surface area contributed by atoms with Crippen molar-refractivity contribution < 1.29 is 14.7 Å². The molecule has 5 nitrogen and oxygen atoms in total. The van der Waals surface area contributed by atoms with Crippen molar-refractivity contribution in [2.45, 2.75) is 32.7 Å². The molecule has 0 spiro atoms. The molecule has 0 saturated carbocycles. The maximum Gasteiger partial charge on any atom is 0.325 e. The van der Waals surface area contributed by atoms with Crippen molar-refractivity contribution in [3.05, 3.63) is 29.8 Å². The Hall–Kier alpha value is -2.04.